The lowest BCUT2D eigenvalue weighted by molar-refractivity contribution is 0.387. The lowest BCUT2D eigenvalue weighted by Crippen LogP contribution is -2.21. The van der Waals surface area contributed by atoms with Crippen LogP contribution in [-0.4, -0.2) is 23.0 Å². The molecule has 0 amide bonds. The van der Waals surface area contributed by atoms with Crippen molar-refractivity contribution in [2.75, 3.05) is 13.1 Å². The third-order valence-corrected chi connectivity index (χ3v) is 3.42. The van der Waals surface area contributed by atoms with E-state index in [0.717, 1.165) is 30.4 Å². The molecule has 1 aliphatic rings. The molecule has 0 bridgehead atoms. The summed E-state index contributed by atoms with van der Waals surface area (Å²) in [5, 5.41) is 23.3. The molecule has 0 aromatic carbocycles. The minimum atomic E-state index is 0.391. The molecule has 1 N–H and O–H groups in total. The highest BCUT2D eigenvalue weighted by Crippen LogP contribution is 2.23. The van der Waals surface area contributed by atoms with Crippen LogP contribution in [0, 0.1) is 22.0 Å². The number of thioether (sulfide) groups is 1. The van der Waals surface area contributed by atoms with Crippen molar-refractivity contribution >= 4 is 23.4 Å². The Kier molecular flexibility index (Phi) is 4.51. The fourth-order valence-electron chi connectivity index (χ4n) is 1.80. The molecule has 96 valence electrons. The molecule has 7 heteroatoms. The zero-order valence-electron chi connectivity index (χ0n) is 9.93. The minimum Gasteiger partial charge on any atom is -0.368 e. The van der Waals surface area contributed by atoms with Crippen LogP contribution in [0.5, 0.6) is 0 Å². The molecule has 2 heterocycles. The molecule has 0 atom stereocenters. The van der Waals surface area contributed by atoms with E-state index < -0.39 is 0 Å². The summed E-state index contributed by atoms with van der Waals surface area (Å²) >= 11 is 6.62. The van der Waals surface area contributed by atoms with Crippen molar-refractivity contribution in [3.8, 4) is 11.5 Å². The fraction of sp³-hybridized carbons (Fsp3) is 0.250. The van der Waals surface area contributed by atoms with Crippen LogP contribution in [0.25, 0.3) is 0 Å². The number of nitrogens with zero attached hydrogens (tertiary/aromatic N) is 4. The standard InChI is InChI=1S/C12H10ClN5S/c13-11-2-1-9(6-17-11)7-18-4-3-16-12(18)10(5-14)19-8-15/h1-2,6,16H,3-4,7H2/b12-10+. The number of rotatable bonds is 3. The molecular weight excluding hydrogens is 282 g/mol. The largest absolute Gasteiger partial charge is 0.368 e. The number of aromatic nitrogens is 1. The monoisotopic (exact) mass is 291 g/mol. The van der Waals surface area contributed by atoms with Crippen molar-refractivity contribution in [2.24, 2.45) is 0 Å². The number of nitrogens with one attached hydrogen (secondary N) is 1. The molecule has 0 spiro atoms. The first kappa shape index (κ1) is 13.5. The molecule has 1 fully saturated rings. The van der Waals surface area contributed by atoms with Crippen molar-refractivity contribution in [3.05, 3.63) is 39.8 Å². The fourth-order valence-corrected chi connectivity index (χ4v) is 2.35. The third-order valence-electron chi connectivity index (χ3n) is 2.62. The number of hydrogen-bond donors (Lipinski definition) is 1. The zero-order chi connectivity index (χ0) is 13.7. The summed E-state index contributed by atoms with van der Waals surface area (Å²) < 4.78 is 0. The van der Waals surface area contributed by atoms with Crippen LogP contribution in [0.3, 0.4) is 0 Å². The van der Waals surface area contributed by atoms with Crippen molar-refractivity contribution in [3.63, 3.8) is 0 Å². The van der Waals surface area contributed by atoms with Crippen LogP contribution >= 0.6 is 23.4 Å². The Morgan fingerprint density at radius 2 is 2.37 bits per heavy atom. The normalized spacial score (nSPS) is 16.5. The van der Waals surface area contributed by atoms with Gasteiger partial charge in [0.1, 0.15) is 27.3 Å². The Morgan fingerprint density at radius 3 is 3.00 bits per heavy atom. The van der Waals surface area contributed by atoms with E-state index in [1.54, 1.807) is 12.3 Å². The summed E-state index contributed by atoms with van der Waals surface area (Å²) in [5.74, 6) is 0.712. The van der Waals surface area contributed by atoms with E-state index >= 15 is 0 Å². The third kappa shape index (κ3) is 3.31. The molecular formula is C12H10ClN5S. The first-order chi connectivity index (χ1) is 9.24. The SMILES string of the molecule is N#CS/C(C#N)=C1\NCCN1Cc1ccc(Cl)nc1. The summed E-state index contributed by atoms with van der Waals surface area (Å²) in [7, 11) is 0. The molecule has 0 unspecified atom stereocenters. The summed E-state index contributed by atoms with van der Waals surface area (Å²) in [6.45, 7) is 2.17. The van der Waals surface area contributed by atoms with E-state index in [-0.39, 0.29) is 0 Å². The highest BCUT2D eigenvalue weighted by Gasteiger charge is 2.21. The average molecular weight is 292 g/mol. The summed E-state index contributed by atoms with van der Waals surface area (Å²) in [6, 6.07) is 5.68. The Balaban J connectivity index is 2.18. The van der Waals surface area contributed by atoms with Gasteiger partial charge in [0.25, 0.3) is 0 Å². The minimum absolute atomic E-state index is 0.391. The predicted octanol–water partition coefficient (Wildman–Crippen LogP) is 2.05. The maximum Gasteiger partial charge on any atom is 0.140 e. The summed E-state index contributed by atoms with van der Waals surface area (Å²) in [4.78, 5) is 6.44. The molecule has 1 aliphatic heterocycles. The first-order valence-corrected chi connectivity index (χ1v) is 6.73. The topological polar surface area (TPSA) is 75.7 Å². The highest BCUT2D eigenvalue weighted by atomic mass is 35.5. The van der Waals surface area contributed by atoms with Crippen molar-refractivity contribution < 1.29 is 0 Å². The molecule has 1 aromatic rings. The maximum absolute atomic E-state index is 9.06. The molecule has 0 aliphatic carbocycles. The van der Waals surface area contributed by atoms with Gasteiger partial charge in [-0.15, -0.1) is 0 Å². The van der Waals surface area contributed by atoms with Crippen LogP contribution < -0.4 is 5.32 Å². The van der Waals surface area contributed by atoms with Gasteiger partial charge in [-0.3, -0.25) is 0 Å². The molecule has 0 radical (unpaired) electrons. The molecule has 1 aromatic heterocycles. The van der Waals surface area contributed by atoms with Gasteiger partial charge in [-0.25, -0.2) is 4.98 Å². The van der Waals surface area contributed by atoms with Crippen LogP contribution in [-0.2, 0) is 6.54 Å². The van der Waals surface area contributed by atoms with Crippen molar-refractivity contribution in [2.45, 2.75) is 6.54 Å². The van der Waals surface area contributed by atoms with Gasteiger partial charge in [0.2, 0.25) is 0 Å². The number of allylic oxidation sites excluding steroid dienone is 1. The lowest BCUT2D eigenvalue weighted by atomic mass is 10.2. The zero-order valence-corrected chi connectivity index (χ0v) is 11.5. The molecule has 5 nitrogen and oxygen atoms in total. The Labute approximate surface area is 120 Å². The predicted molar refractivity (Wildman–Crippen MR) is 73.5 cm³/mol. The number of hydrogen-bond acceptors (Lipinski definition) is 6. The second-order valence-electron chi connectivity index (χ2n) is 3.82. The molecule has 0 saturated carbocycles. The van der Waals surface area contributed by atoms with E-state index in [2.05, 4.69) is 10.3 Å². The Bertz CT molecular complexity index is 569. The van der Waals surface area contributed by atoms with Crippen LogP contribution in [0.1, 0.15) is 5.56 Å². The number of thiocyanates is 1. The van der Waals surface area contributed by atoms with Gasteiger partial charge in [0.05, 0.1) is 0 Å². The quantitative estimate of drug-likeness (QED) is 0.522. The van der Waals surface area contributed by atoms with Crippen LogP contribution in [0.15, 0.2) is 29.1 Å². The molecule has 19 heavy (non-hydrogen) atoms. The number of halogens is 1. The first-order valence-electron chi connectivity index (χ1n) is 5.54. The molecule has 2 rings (SSSR count). The maximum atomic E-state index is 9.06. The van der Waals surface area contributed by atoms with Gasteiger partial charge in [0.15, 0.2) is 0 Å². The summed E-state index contributed by atoms with van der Waals surface area (Å²) in [5.41, 5.74) is 1.00. The highest BCUT2D eigenvalue weighted by molar-refractivity contribution is 8.07. The van der Waals surface area contributed by atoms with Gasteiger partial charge >= 0.3 is 0 Å². The van der Waals surface area contributed by atoms with Gasteiger partial charge < -0.3 is 10.2 Å². The number of pyridine rings is 1. The van der Waals surface area contributed by atoms with Crippen molar-refractivity contribution in [1.82, 2.24) is 15.2 Å². The summed E-state index contributed by atoms with van der Waals surface area (Å²) in [6.07, 6.45) is 1.71. The van der Waals surface area contributed by atoms with Gasteiger partial charge in [0, 0.05) is 37.6 Å². The van der Waals surface area contributed by atoms with E-state index in [1.165, 1.54) is 0 Å². The Morgan fingerprint density at radius 1 is 1.53 bits per heavy atom. The van der Waals surface area contributed by atoms with E-state index in [1.807, 2.05) is 22.4 Å². The number of nitriles is 2. The van der Waals surface area contributed by atoms with E-state index in [0.29, 0.717) is 22.4 Å². The van der Waals surface area contributed by atoms with Crippen LogP contribution in [0.4, 0.5) is 0 Å². The van der Waals surface area contributed by atoms with E-state index in [9.17, 15) is 0 Å². The van der Waals surface area contributed by atoms with Gasteiger partial charge in [-0.1, -0.05) is 17.7 Å². The van der Waals surface area contributed by atoms with Crippen LogP contribution in [0.2, 0.25) is 5.15 Å². The molecule has 1 saturated heterocycles. The van der Waals surface area contributed by atoms with E-state index in [4.69, 9.17) is 22.1 Å². The second-order valence-corrected chi connectivity index (χ2v) is 5.00. The smallest absolute Gasteiger partial charge is 0.140 e. The van der Waals surface area contributed by atoms with Gasteiger partial charge in [-0.05, 0) is 11.6 Å². The van der Waals surface area contributed by atoms with Gasteiger partial charge in [-0.2, -0.15) is 10.5 Å². The van der Waals surface area contributed by atoms with Crippen molar-refractivity contribution in [1.29, 1.82) is 10.5 Å². The lowest BCUT2D eigenvalue weighted by Gasteiger charge is -2.19. The average Bonchev–Trinajstić information content (AvgIpc) is 2.87. The second kappa shape index (κ2) is 6.33. The Hall–Kier alpha value is -1.89.